The number of benzene rings is 1. The van der Waals surface area contributed by atoms with Crippen LogP contribution >= 0.6 is 11.3 Å². The number of aromatic amines is 1. The van der Waals surface area contributed by atoms with E-state index in [0.717, 1.165) is 21.8 Å². The summed E-state index contributed by atoms with van der Waals surface area (Å²) in [5.74, 6) is -1.13. The molecule has 1 amide bonds. The second kappa shape index (κ2) is 5.89. The highest BCUT2D eigenvalue weighted by molar-refractivity contribution is 7.13. The monoisotopic (exact) mass is 352 g/mol. The van der Waals surface area contributed by atoms with Crippen molar-refractivity contribution >= 4 is 28.9 Å². The van der Waals surface area contributed by atoms with Crippen molar-refractivity contribution in [1.29, 1.82) is 0 Å². The number of thiophene rings is 1. The zero-order valence-electron chi connectivity index (χ0n) is 13.8. The van der Waals surface area contributed by atoms with Crippen LogP contribution in [0.5, 0.6) is 0 Å². The summed E-state index contributed by atoms with van der Waals surface area (Å²) < 4.78 is 4.98. The lowest BCUT2D eigenvalue weighted by Gasteiger charge is -2.12. The van der Waals surface area contributed by atoms with Crippen LogP contribution in [0.4, 0.5) is 5.69 Å². The maximum Gasteiger partial charge on any atom is 0.340 e. The minimum absolute atomic E-state index is 0.136. The van der Waals surface area contributed by atoms with Gasteiger partial charge in [0, 0.05) is 16.9 Å². The Kier molecular flexibility index (Phi) is 3.69. The summed E-state index contributed by atoms with van der Waals surface area (Å²) in [5.41, 5.74) is 4.25. The molecule has 5 nitrogen and oxygen atoms in total. The van der Waals surface area contributed by atoms with E-state index >= 15 is 0 Å². The number of methoxy groups -OCH3 is 1. The number of carbonyl (C=O) groups is 2. The summed E-state index contributed by atoms with van der Waals surface area (Å²) in [6.45, 7) is 1.83. The van der Waals surface area contributed by atoms with Crippen LogP contribution in [0, 0.1) is 6.92 Å². The standard InChI is InChI=1S/C19H16N2O3S/c1-10-14(19(23)24-2)16(17(20-10)13-8-5-9-25-13)15-11-6-3-4-7-12(11)21-18(15)22/h3-9,15,20H,1-2H3,(H,21,22)/t15-/m0/s1. The van der Waals surface area contributed by atoms with E-state index < -0.39 is 11.9 Å². The Labute approximate surface area is 148 Å². The molecule has 2 N–H and O–H groups in total. The fraction of sp³-hybridized carbons (Fsp3) is 0.158. The summed E-state index contributed by atoms with van der Waals surface area (Å²) in [6.07, 6.45) is 0. The van der Waals surface area contributed by atoms with Gasteiger partial charge in [0.25, 0.3) is 0 Å². The van der Waals surface area contributed by atoms with E-state index in [9.17, 15) is 9.59 Å². The van der Waals surface area contributed by atoms with Crippen molar-refractivity contribution in [3.05, 3.63) is 64.2 Å². The van der Waals surface area contributed by atoms with Gasteiger partial charge in [-0.3, -0.25) is 4.79 Å². The van der Waals surface area contributed by atoms with Crippen LogP contribution in [0.25, 0.3) is 10.6 Å². The smallest absolute Gasteiger partial charge is 0.340 e. The Morgan fingerprint density at radius 3 is 2.72 bits per heavy atom. The fourth-order valence-electron chi connectivity index (χ4n) is 3.41. The minimum atomic E-state index is -0.549. The van der Waals surface area contributed by atoms with Crippen molar-refractivity contribution < 1.29 is 14.3 Å². The SMILES string of the molecule is COC(=O)c1c(C)[nH]c(-c2cccs2)c1[C@H]1C(=O)Nc2ccccc21. The molecule has 3 aromatic rings. The molecule has 0 saturated heterocycles. The number of esters is 1. The number of hydrogen-bond donors (Lipinski definition) is 2. The number of anilines is 1. The van der Waals surface area contributed by atoms with Gasteiger partial charge >= 0.3 is 5.97 Å². The van der Waals surface area contributed by atoms with Crippen LogP contribution in [-0.2, 0) is 9.53 Å². The number of nitrogens with one attached hydrogen (secondary N) is 2. The number of aryl methyl sites for hydroxylation is 1. The third-order valence-electron chi connectivity index (χ3n) is 4.46. The van der Waals surface area contributed by atoms with Crippen molar-refractivity contribution in [2.45, 2.75) is 12.8 Å². The van der Waals surface area contributed by atoms with Crippen LogP contribution in [-0.4, -0.2) is 24.0 Å². The molecule has 126 valence electrons. The first-order valence-electron chi connectivity index (χ1n) is 7.86. The number of carbonyl (C=O) groups excluding carboxylic acids is 2. The highest BCUT2D eigenvalue weighted by Crippen LogP contribution is 2.44. The van der Waals surface area contributed by atoms with Crippen molar-refractivity contribution in [2.24, 2.45) is 0 Å². The Morgan fingerprint density at radius 1 is 1.20 bits per heavy atom. The molecule has 0 fully saturated rings. The molecule has 0 aliphatic carbocycles. The molecule has 0 bridgehead atoms. The first-order chi connectivity index (χ1) is 12.1. The number of rotatable bonds is 3. The van der Waals surface area contributed by atoms with Crippen LogP contribution < -0.4 is 5.32 Å². The Balaban J connectivity index is 2.00. The number of hydrogen-bond acceptors (Lipinski definition) is 4. The molecule has 1 aliphatic heterocycles. The lowest BCUT2D eigenvalue weighted by Crippen LogP contribution is -2.17. The zero-order valence-corrected chi connectivity index (χ0v) is 14.6. The van der Waals surface area contributed by atoms with Crippen LogP contribution in [0.2, 0.25) is 0 Å². The van der Waals surface area contributed by atoms with Crippen molar-refractivity contribution in [3.63, 3.8) is 0 Å². The quantitative estimate of drug-likeness (QED) is 0.702. The van der Waals surface area contributed by atoms with Crippen LogP contribution in [0.1, 0.15) is 33.1 Å². The molecule has 2 aromatic heterocycles. The fourth-order valence-corrected chi connectivity index (χ4v) is 4.15. The van der Waals surface area contributed by atoms with E-state index in [4.69, 9.17) is 4.74 Å². The first kappa shape index (κ1) is 15.7. The van der Waals surface area contributed by atoms with Gasteiger partial charge in [0.15, 0.2) is 0 Å². The number of H-pyrrole nitrogens is 1. The van der Waals surface area contributed by atoms with Crippen molar-refractivity contribution in [3.8, 4) is 10.6 Å². The summed E-state index contributed by atoms with van der Waals surface area (Å²) in [5, 5.41) is 4.88. The van der Waals surface area contributed by atoms with Gasteiger partial charge in [-0.15, -0.1) is 11.3 Å². The second-order valence-electron chi connectivity index (χ2n) is 5.89. The first-order valence-corrected chi connectivity index (χ1v) is 8.74. The van der Waals surface area contributed by atoms with Gasteiger partial charge in [0.05, 0.1) is 29.2 Å². The van der Waals surface area contributed by atoms with Gasteiger partial charge in [-0.2, -0.15) is 0 Å². The molecule has 4 rings (SSSR count). The average Bonchev–Trinajstić information content (AvgIpc) is 3.30. The van der Waals surface area contributed by atoms with Gasteiger partial charge < -0.3 is 15.0 Å². The third kappa shape index (κ3) is 2.37. The van der Waals surface area contributed by atoms with Crippen LogP contribution in [0.15, 0.2) is 41.8 Å². The van der Waals surface area contributed by atoms with Gasteiger partial charge in [-0.05, 0) is 30.0 Å². The van der Waals surface area contributed by atoms with Crippen molar-refractivity contribution in [2.75, 3.05) is 12.4 Å². The highest BCUT2D eigenvalue weighted by Gasteiger charge is 2.38. The topological polar surface area (TPSA) is 71.2 Å². The predicted octanol–water partition coefficient (Wildman–Crippen LogP) is 3.92. The molecule has 0 saturated carbocycles. The molecule has 3 heterocycles. The number of para-hydroxylation sites is 1. The largest absolute Gasteiger partial charge is 0.465 e. The van der Waals surface area contributed by atoms with E-state index in [2.05, 4.69) is 10.3 Å². The summed E-state index contributed by atoms with van der Waals surface area (Å²) in [7, 11) is 1.35. The van der Waals surface area contributed by atoms with Crippen molar-refractivity contribution in [1.82, 2.24) is 4.98 Å². The summed E-state index contributed by atoms with van der Waals surface area (Å²) in [6, 6.07) is 11.5. The molecule has 25 heavy (non-hydrogen) atoms. The number of fused-ring (bicyclic) bond motifs is 1. The lowest BCUT2D eigenvalue weighted by atomic mass is 9.88. The van der Waals surface area contributed by atoms with Gasteiger partial charge in [-0.25, -0.2) is 4.79 Å². The molecule has 1 aromatic carbocycles. The Bertz CT molecular complexity index is 973. The van der Waals surface area contributed by atoms with E-state index in [0.29, 0.717) is 16.8 Å². The van der Waals surface area contributed by atoms with Gasteiger partial charge in [-0.1, -0.05) is 24.3 Å². The zero-order chi connectivity index (χ0) is 17.6. The van der Waals surface area contributed by atoms with E-state index in [1.165, 1.54) is 7.11 Å². The van der Waals surface area contributed by atoms with Gasteiger partial charge in [0.2, 0.25) is 5.91 Å². The Hall–Kier alpha value is -2.86. The molecular weight excluding hydrogens is 336 g/mol. The molecule has 6 heteroatoms. The van der Waals surface area contributed by atoms with E-state index in [1.807, 2.05) is 48.7 Å². The lowest BCUT2D eigenvalue weighted by molar-refractivity contribution is -0.116. The number of aromatic nitrogens is 1. The highest BCUT2D eigenvalue weighted by atomic mass is 32.1. The van der Waals surface area contributed by atoms with E-state index in [1.54, 1.807) is 11.3 Å². The molecule has 0 unspecified atom stereocenters. The van der Waals surface area contributed by atoms with Gasteiger partial charge in [0.1, 0.15) is 0 Å². The van der Waals surface area contributed by atoms with E-state index in [-0.39, 0.29) is 5.91 Å². The average molecular weight is 352 g/mol. The summed E-state index contributed by atoms with van der Waals surface area (Å²) >= 11 is 1.56. The molecule has 1 aliphatic rings. The number of ether oxygens (including phenoxy) is 1. The molecule has 0 spiro atoms. The normalized spacial score (nSPS) is 15.8. The van der Waals surface area contributed by atoms with Crippen LogP contribution in [0.3, 0.4) is 0 Å². The summed E-state index contributed by atoms with van der Waals surface area (Å²) in [4.78, 5) is 29.5. The third-order valence-corrected chi connectivity index (χ3v) is 5.35. The second-order valence-corrected chi connectivity index (χ2v) is 6.84. The molecular formula is C19H16N2O3S. The maximum absolute atomic E-state index is 12.8. The predicted molar refractivity (Wildman–Crippen MR) is 97.1 cm³/mol. The minimum Gasteiger partial charge on any atom is -0.465 e. The Morgan fingerprint density at radius 2 is 2.00 bits per heavy atom. The molecule has 1 atom stereocenters. The molecule has 0 radical (unpaired) electrons. The maximum atomic E-state index is 12.8. The number of amides is 1.